The van der Waals surface area contributed by atoms with Crippen molar-refractivity contribution in [3.05, 3.63) is 30.3 Å². The van der Waals surface area contributed by atoms with E-state index in [0.29, 0.717) is 6.42 Å². The molecule has 0 heterocycles. The van der Waals surface area contributed by atoms with Crippen molar-refractivity contribution in [1.82, 2.24) is 0 Å². The smallest absolute Gasteiger partial charge is 0.224 e. The summed E-state index contributed by atoms with van der Waals surface area (Å²) in [5, 5.41) is 2.87. The minimum atomic E-state index is 0.113. The molecule has 15 heavy (non-hydrogen) atoms. The first-order chi connectivity index (χ1) is 7.33. The molecule has 1 rings (SSSR count). The number of amides is 1. The van der Waals surface area contributed by atoms with E-state index in [1.807, 2.05) is 42.1 Å². The maximum absolute atomic E-state index is 11.5. The van der Waals surface area contributed by atoms with E-state index in [4.69, 9.17) is 0 Å². The summed E-state index contributed by atoms with van der Waals surface area (Å²) in [6, 6.07) is 9.58. The fourth-order valence-electron chi connectivity index (χ4n) is 1.28. The number of thioether (sulfide) groups is 1. The summed E-state index contributed by atoms with van der Waals surface area (Å²) in [5.41, 5.74) is 0.882. The lowest BCUT2D eigenvalue weighted by molar-refractivity contribution is -0.116. The van der Waals surface area contributed by atoms with E-state index >= 15 is 0 Å². The molecule has 1 amide bonds. The molecular weight excluding hydrogens is 206 g/mol. The minimum absolute atomic E-state index is 0.113. The lowest BCUT2D eigenvalue weighted by Gasteiger charge is -2.04. The minimum Gasteiger partial charge on any atom is -0.326 e. The van der Waals surface area contributed by atoms with E-state index < -0.39 is 0 Å². The Morgan fingerprint density at radius 2 is 2.00 bits per heavy atom. The molecule has 0 spiro atoms. The van der Waals surface area contributed by atoms with Crippen molar-refractivity contribution in [2.45, 2.75) is 19.3 Å². The van der Waals surface area contributed by atoms with E-state index in [0.717, 1.165) is 24.3 Å². The third kappa shape index (κ3) is 5.47. The van der Waals surface area contributed by atoms with Gasteiger partial charge in [-0.15, -0.1) is 0 Å². The molecule has 0 radical (unpaired) electrons. The molecule has 0 atom stereocenters. The highest BCUT2D eigenvalue weighted by atomic mass is 32.2. The van der Waals surface area contributed by atoms with E-state index in [1.54, 1.807) is 0 Å². The molecule has 82 valence electrons. The van der Waals surface area contributed by atoms with Gasteiger partial charge in [0.15, 0.2) is 0 Å². The molecule has 0 aliphatic heterocycles. The quantitative estimate of drug-likeness (QED) is 0.751. The molecule has 0 fully saturated rings. The number of hydrogen-bond acceptors (Lipinski definition) is 2. The molecule has 3 heteroatoms. The Morgan fingerprint density at radius 3 is 2.67 bits per heavy atom. The van der Waals surface area contributed by atoms with Crippen LogP contribution in [0.3, 0.4) is 0 Å². The summed E-state index contributed by atoms with van der Waals surface area (Å²) in [6.45, 7) is 0. The molecular formula is C12H17NOS. The van der Waals surface area contributed by atoms with Crippen LogP contribution in [0.1, 0.15) is 19.3 Å². The molecule has 2 nitrogen and oxygen atoms in total. The van der Waals surface area contributed by atoms with Gasteiger partial charge in [-0.3, -0.25) is 4.79 Å². The van der Waals surface area contributed by atoms with Crippen LogP contribution in [0.2, 0.25) is 0 Å². The summed E-state index contributed by atoms with van der Waals surface area (Å²) >= 11 is 1.83. The van der Waals surface area contributed by atoms with Gasteiger partial charge in [0.1, 0.15) is 0 Å². The van der Waals surface area contributed by atoms with Gasteiger partial charge in [0.2, 0.25) is 5.91 Å². The van der Waals surface area contributed by atoms with Crippen molar-refractivity contribution in [2.24, 2.45) is 0 Å². The van der Waals surface area contributed by atoms with Gasteiger partial charge in [0.05, 0.1) is 0 Å². The van der Waals surface area contributed by atoms with Gasteiger partial charge in [0, 0.05) is 12.1 Å². The van der Waals surface area contributed by atoms with Crippen molar-refractivity contribution in [2.75, 3.05) is 17.3 Å². The van der Waals surface area contributed by atoms with Crippen LogP contribution in [0.15, 0.2) is 30.3 Å². The van der Waals surface area contributed by atoms with E-state index in [2.05, 4.69) is 11.6 Å². The Bertz CT molecular complexity index is 287. The highest BCUT2D eigenvalue weighted by molar-refractivity contribution is 7.98. The van der Waals surface area contributed by atoms with Crippen LogP contribution in [0.4, 0.5) is 5.69 Å². The third-order valence-electron chi connectivity index (χ3n) is 2.06. The maximum atomic E-state index is 11.5. The lowest BCUT2D eigenvalue weighted by Crippen LogP contribution is -2.10. The molecule has 0 saturated heterocycles. The molecule has 1 aromatic rings. The zero-order valence-corrected chi connectivity index (χ0v) is 9.85. The number of nitrogens with one attached hydrogen (secondary N) is 1. The summed E-state index contributed by atoms with van der Waals surface area (Å²) in [5.74, 6) is 1.25. The molecule has 0 unspecified atom stereocenters. The van der Waals surface area contributed by atoms with Gasteiger partial charge in [0.25, 0.3) is 0 Å². The Kier molecular flexibility index (Phi) is 5.93. The topological polar surface area (TPSA) is 29.1 Å². The van der Waals surface area contributed by atoms with Crippen molar-refractivity contribution in [1.29, 1.82) is 0 Å². The number of anilines is 1. The van der Waals surface area contributed by atoms with Crippen LogP contribution in [-0.2, 0) is 4.79 Å². The van der Waals surface area contributed by atoms with Crippen molar-refractivity contribution in [3.8, 4) is 0 Å². The number of para-hydroxylation sites is 1. The number of unbranched alkanes of at least 4 members (excludes halogenated alkanes) is 1. The number of benzene rings is 1. The molecule has 0 saturated carbocycles. The summed E-state index contributed by atoms with van der Waals surface area (Å²) in [4.78, 5) is 11.5. The van der Waals surface area contributed by atoms with Gasteiger partial charge >= 0.3 is 0 Å². The maximum Gasteiger partial charge on any atom is 0.224 e. The average molecular weight is 223 g/mol. The zero-order valence-electron chi connectivity index (χ0n) is 9.03. The summed E-state index contributed by atoms with van der Waals surface area (Å²) in [6.07, 6.45) is 4.79. The van der Waals surface area contributed by atoms with Crippen LogP contribution < -0.4 is 5.32 Å². The third-order valence-corrected chi connectivity index (χ3v) is 2.76. The molecule has 0 aliphatic rings. The highest BCUT2D eigenvalue weighted by Gasteiger charge is 2.00. The lowest BCUT2D eigenvalue weighted by atomic mass is 10.2. The van der Waals surface area contributed by atoms with Crippen LogP contribution >= 0.6 is 11.8 Å². The largest absolute Gasteiger partial charge is 0.326 e. The average Bonchev–Trinajstić information content (AvgIpc) is 2.26. The SMILES string of the molecule is CSCCCCC(=O)Nc1ccccc1. The Balaban J connectivity index is 2.19. The van der Waals surface area contributed by atoms with Gasteiger partial charge < -0.3 is 5.32 Å². The van der Waals surface area contributed by atoms with Crippen LogP contribution in [0.25, 0.3) is 0 Å². The van der Waals surface area contributed by atoms with Crippen LogP contribution in [0.5, 0.6) is 0 Å². The standard InChI is InChI=1S/C12H17NOS/c1-15-10-6-5-9-12(14)13-11-7-3-2-4-8-11/h2-4,7-8H,5-6,9-10H2,1H3,(H,13,14). The van der Waals surface area contributed by atoms with Gasteiger partial charge in [-0.2, -0.15) is 11.8 Å². The number of hydrogen-bond donors (Lipinski definition) is 1. The second kappa shape index (κ2) is 7.35. The highest BCUT2D eigenvalue weighted by Crippen LogP contribution is 2.07. The summed E-state index contributed by atoms with van der Waals surface area (Å²) < 4.78 is 0. The van der Waals surface area contributed by atoms with Crippen molar-refractivity contribution >= 4 is 23.4 Å². The second-order valence-electron chi connectivity index (χ2n) is 3.36. The van der Waals surface area contributed by atoms with E-state index in [-0.39, 0.29) is 5.91 Å². The van der Waals surface area contributed by atoms with Crippen LogP contribution in [0, 0.1) is 0 Å². The van der Waals surface area contributed by atoms with Gasteiger partial charge in [-0.1, -0.05) is 18.2 Å². The number of rotatable bonds is 6. The van der Waals surface area contributed by atoms with E-state index in [9.17, 15) is 4.79 Å². The van der Waals surface area contributed by atoms with Gasteiger partial charge in [-0.25, -0.2) is 0 Å². The fourth-order valence-corrected chi connectivity index (χ4v) is 1.77. The molecule has 0 aromatic heterocycles. The van der Waals surface area contributed by atoms with Crippen LogP contribution in [-0.4, -0.2) is 17.9 Å². The number of carbonyl (C=O) groups is 1. The first kappa shape index (κ1) is 12.1. The predicted molar refractivity (Wildman–Crippen MR) is 67.3 cm³/mol. The first-order valence-electron chi connectivity index (χ1n) is 5.17. The van der Waals surface area contributed by atoms with Crippen molar-refractivity contribution in [3.63, 3.8) is 0 Å². The molecule has 0 bridgehead atoms. The Morgan fingerprint density at radius 1 is 1.27 bits per heavy atom. The molecule has 1 N–H and O–H groups in total. The second-order valence-corrected chi connectivity index (χ2v) is 4.35. The zero-order chi connectivity index (χ0) is 10.9. The molecule has 0 aliphatic carbocycles. The normalized spacial score (nSPS) is 9.93. The fraction of sp³-hybridized carbons (Fsp3) is 0.417. The van der Waals surface area contributed by atoms with E-state index in [1.165, 1.54) is 0 Å². The number of carbonyl (C=O) groups excluding carboxylic acids is 1. The van der Waals surface area contributed by atoms with Crippen molar-refractivity contribution < 1.29 is 4.79 Å². The Labute approximate surface area is 95.5 Å². The van der Waals surface area contributed by atoms with Gasteiger partial charge in [-0.05, 0) is 37.0 Å². The predicted octanol–water partition coefficient (Wildman–Crippen LogP) is 3.16. The summed E-state index contributed by atoms with van der Waals surface area (Å²) in [7, 11) is 0. The Hall–Kier alpha value is -0.960. The molecule has 1 aromatic carbocycles. The first-order valence-corrected chi connectivity index (χ1v) is 6.56. The monoisotopic (exact) mass is 223 g/mol.